The fourth-order valence-corrected chi connectivity index (χ4v) is 2.22. The summed E-state index contributed by atoms with van der Waals surface area (Å²) in [6.07, 6.45) is 1.11. The van der Waals surface area contributed by atoms with Gasteiger partial charge in [0.1, 0.15) is 23.9 Å². The molecule has 0 amide bonds. The zero-order valence-corrected chi connectivity index (χ0v) is 9.18. The molecule has 0 saturated carbocycles. The minimum atomic E-state index is -0.595. The third-order valence-corrected chi connectivity index (χ3v) is 2.95. The lowest BCUT2D eigenvalue weighted by atomic mass is 9.86. The first-order chi connectivity index (χ1) is 7.63. The fraction of sp³-hybridized carbons (Fsp3) is 0.500. The lowest BCUT2D eigenvalue weighted by Gasteiger charge is -2.30. The van der Waals surface area contributed by atoms with Gasteiger partial charge in [-0.2, -0.15) is 0 Å². The van der Waals surface area contributed by atoms with Crippen molar-refractivity contribution >= 4 is 0 Å². The average molecular weight is 224 g/mol. The van der Waals surface area contributed by atoms with E-state index in [0.717, 1.165) is 12.8 Å². The molecule has 0 aliphatic carbocycles. The molecule has 2 rings (SSSR count). The summed E-state index contributed by atoms with van der Waals surface area (Å²) in [5, 5.41) is 29.0. The van der Waals surface area contributed by atoms with E-state index in [1.54, 1.807) is 0 Å². The number of benzene rings is 1. The maximum atomic E-state index is 9.84. The highest BCUT2D eigenvalue weighted by Gasteiger charge is 2.31. The lowest BCUT2D eigenvalue weighted by molar-refractivity contribution is 0.0615. The normalized spacial score (nSPS) is 23.6. The predicted molar refractivity (Wildman–Crippen MR) is 58.9 cm³/mol. The SMILES string of the molecule is CCCC1c2c(O)cc(O)cc2OCC1O. The topological polar surface area (TPSA) is 69.9 Å². The van der Waals surface area contributed by atoms with Crippen LogP contribution in [0.5, 0.6) is 17.2 Å². The second-order valence-electron chi connectivity index (χ2n) is 4.15. The highest BCUT2D eigenvalue weighted by Crippen LogP contribution is 2.44. The summed E-state index contributed by atoms with van der Waals surface area (Å²) in [4.78, 5) is 0. The Labute approximate surface area is 94.1 Å². The molecule has 0 fully saturated rings. The number of aliphatic hydroxyl groups excluding tert-OH is 1. The van der Waals surface area contributed by atoms with Crippen LogP contribution >= 0.6 is 0 Å². The van der Waals surface area contributed by atoms with Crippen molar-refractivity contribution in [1.29, 1.82) is 0 Å². The number of aromatic hydroxyl groups is 2. The van der Waals surface area contributed by atoms with Crippen LogP contribution in [0.15, 0.2) is 12.1 Å². The molecule has 1 aromatic rings. The van der Waals surface area contributed by atoms with Crippen LogP contribution in [-0.4, -0.2) is 28.0 Å². The van der Waals surface area contributed by atoms with Gasteiger partial charge in [0.25, 0.3) is 0 Å². The fourth-order valence-electron chi connectivity index (χ4n) is 2.22. The van der Waals surface area contributed by atoms with Crippen molar-refractivity contribution in [3.63, 3.8) is 0 Å². The maximum Gasteiger partial charge on any atom is 0.130 e. The van der Waals surface area contributed by atoms with E-state index < -0.39 is 6.10 Å². The number of rotatable bonds is 2. The molecule has 4 nitrogen and oxygen atoms in total. The Hall–Kier alpha value is -1.42. The van der Waals surface area contributed by atoms with Gasteiger partial charge in [0, 0.05) is 23.6 Å². The van der Waals surface area contributed by atoms with Gasteiger partial charge in [-0.1, -0.05) is 13.3 Å². The van der Waals surface area contributed by atoms with Crippen molar-refractivity contribution in [2.75, 3.05) is 6.61 Å². The number of phenols is 2. The van der Waals surface area contributed by atoms with Gasteiger partial charge < -0.3 is 20.1 Å². The van der Waals surface area contributed by atoms with E-state index in [0.29, 0.717) is 11.3 Å². The second-order valence-corrected chi connectivity index (χ2v) is 4.15. The number of hydrogen-bond acceptors (Lipinski definition) is 4. The Kier molecular flexibility index (Phi) is 2.92. The summed E-state index contributed by atoms with van der Waals surface area (Å²) in [6, 6.07) is 2.76. The Morgan fingerprint density at radius 1 is 1.38 bits per heavy atom. The van der Waals surface area contributed by atoms with Gasteiger partial charge in [-0.25, -0.2) is 0 Å². The molecule has 2 unspecified atom stereocenters. The predicted octanol–water partition coefficient (Wildman–Crippen LogP) is 1.73. The summed E-state index contributed by atoms with van der Waals surface area (Å²) in [7, 11) is 0. The molecule has 1 aliphatic heterocycles. The number of hydrogen-bond donors (Lipinski definition) is 3. The number of ether oxygens (including phenoxy) is 1. The van der Waals surface area contributed by atoms with E-state index >= 15 is 0 Å². The molecule has 3 N–H and O–H groups in total. The van der Waals surface area contributed by atoms with Crippen LogP contribution in [0.25, 0.3) is 0 Å². The number of phenolic OH excluding ortho intramolecular Hbond substituents is 2. The highest BCUT2D eigenvalue weighted by molar-refractivity contribution is 5.52. The largest absolute Gasteiger partial charge is 0.508 e. The summed E-state index contributed by atoms with van der Waals surface area (Å²) < 4.78 is 5.30. The standard InChI is InChI=1S/C12H16O4/c1-2-3-8-10(15)6-16-11-5-7(13)4-9(14)12(8)11/h4-5,8,10,13-15H,2-3,6H2,1H3. The van der Waals surface area contributed by atoms with E-state index in [1.165, 1.54) is 12.1 Å². The third kappa shape index (κ3) is 1.80. The van der Waals surface area contributed by atoms with Crippen LogP contribution in [-0.2, 0) is 0 Å². The quantitative estimate of drug-likeness (QED) is 0.715. The molecule has 16 heavy (non-hydrogen) atoms. The van der Waals surface area contributed by atoms with Crippen LogP contribution in [0.4, 0.5) is 0 Å². The molecular formula is C12H16O4. The smallest absolute Gasteiger partial charge is 0.130 e. The van der Waals surface area contributed by atoms with E-state index in [4.69, 9.17) is 4.74 Å². The molecule has 2 atom stereocenters. The molecule has 1 heterocycles. The second kappa shape index (κ2) is 4.22. The zero-order chi connectivity index (χ0) is 11.7. The first-order valence-electron chi connectivity index (χ1n) is 5.50. The Bertz CT molecular complexity index is 389. The van der Waals surface area contributed by atoms with Gasteiger partial charge in [-0.05, 0) is 6.42 Å². The average Bonchev–Trinajstić information content (AvgIpc) is 2.22. The van der Waals surface area contributed by atoms with E-state index in [9.17, 15) is 15.3 Å². The van der Waals surface area contributed by atoms with Crippen molar-refractivity contribution < 1.29 is 20.1 Å². The van der Waals surface area contributed by atoms with E-state index in [-0.39, 0.29) is 24.0 Å². The molecule has 0 radical (unpaired) electrons. The van der Waals surface area contributed by atoms with Crippen molar-refractivity contribution in [2.45, 2.75) is 31.8 Å². The Morgan fingerprint density at radius 2 is 2.12 bits per heavy atom. The highest BCUT2D eigenvalue weighted by atomic mass is 16.5. The van der Waals surface area contributed by atoms with Gasteiger partial charge in [-0.15, -0.1) is 0 Å². The zero-order valence-electron chi connectivity index (χ0n) is 9.18. The van der Waals surface area contributed by atoms with Crippen LogP contribution < -0.4 is 4.74 Å². The van der Waals surface area contributed by atoms with Gasteiger partial charge >= 0.3 is 0 Å². The van der Waals surface area contributed by atoms with E-state index in [2.05, 4.69) is 0 Å². The Balaban J connectivity index is 2.45. The van der Waals surface area contributed by atoms with E-state index in [1.807, 2.05) is 6.92 Å². The van der Waals surface area contributed by atoms with Gasteiger partial charge in [0.15, 0.2) is 0 Å². The molecule has 0 saturated heterocycles. The molecule has 88 valence electrons. The summed E-state index contributed by atoms with van der Waals surface area (Å²) in [6.45, 7) is 2.24. The van der Waals surface area contributed by atoms with Crippen LogP contribution in [0, 0.1) is 0 Å². The lowest BCUT2D eigenvalue weighted by Crippen LogP contribution is -2.30. The molecular weight excluding hydrogens is 208 g/mol. The first-order valence-corrected chi connectivity index (χ1v) is 5.50. The van der Waals surface area contributed by atoms with Gasteiger partial charge in [-0.3, -0.25) is 0 Å². The summed E-state index contributed by atoms with van der Waals surface area (Å²) >= 11 is 0. The van der Waals surface area contributed by atoms with Gasteiger partial charge in [0.05, 0.1) is 6.10 Å². The van der Waals surface area contributed by atoms with Crippen LogP contribution in [0.2, 0.25) is 0 Å². The minimum Gasteiger partial charge on any atom is -0.508 e. The van der Waals surface area contributed by atoms with Gasteiger partial charge in [0.2, 0.25) is 0 Å². The van der Waals surface area contributed by atoms with Crippen molar-refractivity contribution in [3.05, 3.63) is 17.7 Å². The Morgan fingerprint density at radius 3 is 2.81 bits per heavy atom. The minimum absolute atomic E-state index is 0.00722. The summed E-state index contributed by atoms with van der Waals surface area (Å²) in [5.41, 5.74) is 0.610. The summed E-state index contributed by atoms with van der Waals surface area (Å²) in [5.74, 6) is 0.325. The van der Waals surface area contributed by atoms with Crippen molar-refractivity contribution in [2.24, 2.45) is 0 Å². The maximum absolute atomic E-state index is 9.84. The van der Waals surface area contributed by atoms with Crippen LogP contribution in [0.3, 0.4) is 0 Å². The van der Waals surface area contributed by atoms with Crippen molar-refractivity contribution in [1.82, 2.24) is 0 Å². The monoisotopic (exact) mass is 224 g/mol. The molecule has 4 heteroatoms. The third-order valence-electron chi connectivity index (χ3n) is 2.95. The number of aliphatic hydroxyl groups is 1. The molecule has 0 spiro atoms. The molecule has 1 aromatic carbocycles. The molecule has 1 aliphatic rings. The first kappa shape index (κ1) is 11.1. The molecule has 0 bridgehead atoms. The van der Waals surface area contributed by atoms with Crippen LogP contribution in [0.1, 0.15) is 31.2 Å². The molecule has 0 aromatic heterocycles. The van der Waals surface area contributed by atoms with Crippen molar-refractivity contribution in [3.8, 4) is 17.2 Å². The number of fused-ring (bicyclic) bond motifs is 1.